The molecule has 0 bridgehead atoms. The first-order valence-electron chi connectivity index (χ1n) is 15.8. The second kappa shape index (κ2) is 9.90. The first kappa shape index (κ1) is 25.6. The van der Waals surface area contributed by atoms with Crippen LogP contribution in [0.15, 0.2) is 164 Å². The Labute approximate surface area is 270 Å². The first-order chi connectivity index (χ1) is 22.8. The summed E-state index contributed by atoms with van der Waals surface area (Å²) in [5, 5.41) is 10.3. The van der Waals surface area contributed by atoms with Gasteiger partial charge in [0, 0.05) is 36.3 Å². The van der Waals surface area contributed by atoms with Crippen LogP contribution >= 0.6 is 11.3 Å². The van der Waals surface area contributed by atoms with Crippen LogP contribution in [0.2, 0.25) is 0 Å². The van der Waals surface area contributed by atoms with E-state index in [9.17, 15) is 0 Å². The van der Waals surface area contributed by atoms with E-state index in [-0.39, 0.29) is 0 Å². The number of fused-ring (bicyclic) bond motifs is 9. The third kappa shape index (κ3) is 3.81. The summed E-state index contributed by atoms with van der Waals surface area (Å²) in [7, 11) is 0. The van der Waals surface area contributed by atoms with Crippen molar-refractivity contribution >= 4 is 74.9 Å². The van der Waals surface area contributed by atoms with Gasteiger partial charge in [0.25, 0.3) is 0 Å². The third-order valence-electron chi connectivity index (χ3n) is 9.57. The van der Waals surface area contributed by atoms with E-state index in [1.807, 2.05) is 11.3 Å². The number of hydrogen-bond acceptors (Lipinski definition) is 1. The van der Waals surface area contributed by atoms with Gasteiger partial charge in [0.2, 0.25) is 0 Å². The lowest BCUT2D eigenvalue weighted by atomic mass is 9.97. The Morgan fingerprint density at radius 3 is 1.76 bits per heavy atom. The zero-order valence-corrected chi connectivity index (χ0v) is 25.8. The Kier molecular flexibility index (Phi) is 5.51. The lowest BCUT2D eigenvalue weighted by Gasteiger charge is -2.14. The van der Waals surface area contributed by atoms with E-state index in [0.29, 0.717) is 0 Å². The Balaban J connectivity index is 1.15. The molecule has 0 aliphatic rings. The highest BCUT2D eigenvalue weighted by Crippen LogP contribution is 2.40. The van der Waals surface area contributed by atoms with Crippen LogP contribution in [-0.4, -0.2) is 4.57 Å². The quantitative estimate of drug-likeness (QED) is 0.178. The zero-order valence-electron chi connectivity index (χ0n) is 24.9. The number of aromatic nitrogens is 1. The van der Waals surface area contributed by atoms with Gasteiger partial charge in [-0.1, -0.05) is 115 Å². The van der Waals surface area contributed by atoms with Gasteiger partial charge in [-0.05, 0) is 86.9 Å². The predicted molar refractivity (Wildman–Crippen MR) is 200 cm³/mol. The lowest BCUT2D eigenvalue weighted by molar-refractivity contribution is 1.20. The van der Waals surface area contributed by atoms with Crippen LogP contribution in [0, 0.1) is 0 Å². The predicted octanol–water partition coefficient (Wildman–Crippen LogP) is 12.8. The van der Waals surface area contributed by atoms with Gasteiger partial charge in [-0.25, -0.2) is 0 Å². The molecule has 8 aromatic carbocycles. The Morgan fingerprint density at radius 1 is 0.326 bits per heavy atom. The maximum Gasteiger partial charge on any atom is 0.0546 e. The van der Waals surface area contributed by atoms with E-state index < -0.39 is 0 Å². The van der Waals surface area contributed by atoms with E-state index in [4.69, 9.17) is 0 Å². The number of benzene rings is 8. The van der Waals surface area contributed by atoms with Crippen molar-refractivity contribution in [2.75, 3.05) is 0 Å². The zero-order chi connectivity index (χ0) is 30.2. The van der Waals surface area contributed by atoms with E-state index in [2.05, 4.69) is 168 Å². The smallest absolute Gasteiger partial charge is 0.0546 e. The molecule has 0 saturated carbocycles. The molecular formula is C44H27NS. The fourth-order valence-corrected chi connectivity index (χ4v) is 8.50. The summed E-state index contributed by atoms with van der Waals surface area (Å²) in [6, 6.07) is 60.3. The molecule has 46 heavy (non-hydrogen) atoms. The highest BCUT2D eigenvalue weighted by atomic mass is 32.1. The highest BCUT2D eigenvalue weighted by molar-refractivity contribution is 7.25. The number of hydrogen-bond donors (Lipinski definition) is 0. The summed E-state index contributed by atoms with van der Waals surface area (Å²) in [6.07, 6.45) is 0. The average Bonchev–Trinajstić information content (AvgIpc) is 3.66. The molecule has 0 saturated heterocycles. The van der Waals surface area contributed by atoms with Crippen molar-refractivity contribution in [1.29, 1.82) is 0 Å². The normalized spacial score (nSPS) is 11.9. The molecule has 2 aromatic heterocycles. The topological polar surface area (TPSA) is 4.93 Å². The summed E-state index contributed by atoms with van der Waals surface area (Å²) in [5.41, 5.74) is 8.59. The van der Waals surface area contributed by atoms with Crippen LogP contribution < -0.4 is 0 Å². The van der Waals surface area contributed by atoms with Gasteiger partial charge in [-0.2, -0.15) is 0 Å². The monoisotopic (exact) mass is 601 g/mol. The fourth-order valence-electron chi connectivity index (χ4n) is 7.42. The van der Waals surface area contributed by atoms with E-state index in [1.54, 1.807) is 0 Å². The maximum atomic E-state index is 2.46. The molecule has 0 unspecified atom stereocenters. The van der Waals surface area contributed by atoms with Crippen molar-refractivity contribution in [2.45, 2.75) is 0 Å². The molecule has 0 aliphatic heterocycles. The third-order valence-corrected chi connectivity index (χ3v) is 10.7. The van der Waals surface area contributed by atoms with E-state index >= 15 is 0 Å². The summed E-state index contributed by atoms with van der Waals surface area (Å²) in [5.74, 6) is 0. The SMILES string of the molecule is c1cc(-c2ccc3sc4ccccc4c3c2)cc(-c2ccc3c(c2)c2ccccc2n3-c2cc3ccccc3c3ccccc23)c1. The van der Waals surface area contributed by atoms with Crippen molar-refractivity contribution in [3.8, 4) is 27.9 Å². The number of nitrogens with zero attached hydrogens (tertiary/aromatic N) is 1. The summed E-state index contributed by atoms with van der Waals surface area (Å²) in [4.78, 5) is 0. The minimum atomic E-state index is 1.21. The fraction of sp³-hybridized carbons (Fsp3) is 0. The van der Waals surface area contributed by atoms with Crippen LogP contribution in [0.5, 0.6) is 0 Å². The molecular weight excluding hydrogens is 575 g/mol. The minimum Gasteiger partial charge on any atom is -0.309 e. The molecule has 0 fully saturated rings. The van der Waals surface area contributed by atoms with E-state index in [1.165, 1.54) is 91.5 Å². The van der Waals surface area contributed by atoms with Crippen LogP contribution in [0.3, 0.4) is 0 Å². The molecule has 10 rings (SSSR count). The molecule has 0 N–H and O–H groups in total. The number of rotatable bonds is 3. The number of thiophene rings is 1. The molecule has 10 aromatic rings. The molecule has 2 heterocycles. The van der Waals surface area contributed by atoms with Crippen molar-refractivity contribution < 1.29 is 0 Å². The van der Waals surface area contributed by atoms with Crippen LogP contribution in [0.25, 0.3) is 91.5 Å². The van der Waals surface area contributed by atoms with Gasteiger partial charge in [0.1, 0.15) is 0 Å². The molecule has 0 radical (unpaired) electrons. The standard InChI is InChI=1S/C44H27NS/c1-2-13-33-32(10-1)27-42(35-15-4-3-14-34(33)35)45-40-18-7-5-16-36(40)38-25-30(20-22-41(38)45)28-11-9-12-29(24-28)31-21-23-44-39(26-31)37-17-6-8-19-43(37)46-44/h1-27H. The van der Waals surface area contributed by atoms with Crippen LogP contribution in [0.4, 0.5) is 0 Å². The van der Waals surface area contributed by atoms with Gasteiger partial charge >= 0.3 is 0 Å². The summed E-state index contributed by atoms with van der Waals surface area (Å²) in [6.45, 7) is 0. The van der Waals surface area contributed by atoms with Gasteiger partial charge < -0.3 is 4.57 Å². The van der Waals surface area contributed by atoms with E-state index in [0.717, 1.165) is 0 Å². The molecule has 0 spiro atoms. The Hall–Kier alpha value is -5.70. The second-order valence-corrected chi connectivity index (χ2v) is 13.2. The van der Waals surface area contributed by atoms with Crippen LogP contribution in [-0.2, 0) is 0 Å². The van der Waals surface area contributed by atoms with Crippen molar-refractivity contribution in [2.24, 2.45) is 0 Å². The largest absolute Gasteiger partial charge is 0.309 e. The lowest BCUT2D eigenvalue weighted by Crippen LogP contribution is -1.96. The van der Waals surface area contributed by atoms with Gasteiger partial charge in [-0.3, -0.25) is 0 Å². The van der Waals surface area contributed by atoms with Crippen LogP contribution in [0.1, 0.15) is 0 Å². The Morgan fingerprint density at radius 2 is 0.913 bits per heavy atom. The first-order valence-corrected chi connectivity index (χ1v) is 16.6. The van der Waals surface area contributed by atoms with Gasteiger partial charge in [-0.15, -0.1) is 11.3 Å². The minimum absolute atomic E-state index is 1.21. The maximum absolute atomic E-state index is 2.46. The Bertz CT molecular complexity index is 2810. The second-order valence-electron chi connectivity index (χ2n) is 12.1. The summed E-state index contributed by atoms with van der Waals surface area (Å²) < 4.78 is 5.13. The molecule has 1 nitrogen and oxygen atoms in total. The van der Waals surface area contributed by atoms with Gasteiger partial charge in [0.05, 0.1) is 16.7 Å². The molecule has 0 amide bonds. The molecule has 2 heteroatoms. The van der Waals surface area contributed by atoms with Crippen molar-refractivity contribution in [3.05, 3.63) is 164 Å². The molecule has 0 aliphatic carbocycles. The molecule has 214 valence electrons. The number of para-hydroxylation sites is 1. The molecule has 0 atom stereocenters. The average molecular weight is 602 g/mol. The highest BCUT2D eigenvalue weighted by Gasteiger charge is 2.16. The van der Waals surface area contributed by atoms with Crippen molar-refractivity contribution in [1.82, 2.24) is 4.57 Å². The van der Waals surface area contributed by atoms with Gasteiger partial charge in [0.15, 0.2) is 0 Å². The van der Waals surface area contributed by atoms with Crippen molar-refractivity contribution in [3.63, 3.8) is 0 Å². The summed E-state index contributed by atoms with van der Waals surface area (Å²) >= 11 is 1.87.